The lowest BCUT2D eigenvalue weighted by Crippen LogP contribution is -1.91. The summed E-state index contributed by atoms with van der Waals surface area (Å²) in [5, 5.41) is 12.3. The molecular formula is C5H6N6S2. The van der Waals surface area contributed by atoms with Gasteiger partial charge in [-0.15, -0.1) is 5.10 Å². The summed E-state index contributed by atoms with van der Waals surface area (Å²) in [6.07, 6.45) is 1.71. The van der Waals surface area contributed by atoms with Crippen molar-refractivity contribution in [2.24, 2.45) is 7.05 Å². The molecule has 2 N–H and O–H groups in total. The average molecular weight is 214 g/mol. The number of nitrogens with two attached hydrogens (primary N) is 1. The molecule has 0 saturated heterocycles. The highest BCUT2D eigenvalue weighted by molar-refractivity contribution is 8.01. The Morgan fingerprint density at radius 3 is 3.00 bits per heavy atom. The molecule has 2 heterocycles. The zero-order chi connectivity index (χ0) is 9.26. The Morgan fingerprint density at radius 1 is 1.62 bits per heavy atom. The normalized spacial score (nSPS) is 10.5. The summed E-state index contributed by atoms with van der Waals surface area (Å²) in [5.41, 5.74) is 5.48. The lowest BCUT2D eigenvalue weighted by Gasteiger charge is -1.92. The van der Waals surface area contributed by atoms with Gasteiger partial charge in [0.15, 0.2) is 5.13 Å². The van der Waals surface area contributed by atoms with E-state index in [4.69, 9.17) is 5.73 Å². The maximum Gasteiger partial charge on any atom is 0.214 e. The van der Waals surface area contributed by atoms with Gasteiger partial charge in [-0.05, 0) is 22.2 Å². The summed E-state index contributed by atoms with van der Waals surface area (Å²) in [6.45, 7) is 0. The second-order valence-corrected chi connectivity index (χ2v) is 4.53. The SMILES string of the molecule is Cn1nnnc1Sc1cnc(N)s1. The molecule has 13 heavy (non-hydrogen) atoms. The molecule has 0 spiro atoms. The number of tetrazole rings is 1. The number of nitrogen functional groups attached to an aromatic ring is 1. The van der Waals surface area contributed by atoms with Gasteiger partial charge >= 0.3 is 0 Å². The quantitative estimate of drug-likeness (QED) is 0.779. The number of thiazole rings is 1. The third-order valence-corrected chi connectivity index (χ3v) is 3.23. The van der Waals surface area contributed by atoms with Crippen LogP contribution in [-0.2, 0) is 7.05 Å². The molecule has 2 aromatic rings. The monoisotopic (exact) mass is 214 g/mol. The van der Waals surface area contributed by atoms with E-state index in [2.05, 4.69) is 20.5 Å². The topological polar surface area (TPSA) is 82.5 Å². The summed E-state index contributed by atoms with van der Waals surface area (Å²) >= 11 is 2.86. The lowest BCUT2D eigenvalue weighted by atomic mass is 11.0. The van der Waals surface area contributed by atoms with Gasteiger partial charge in [-0.25, -0.2) is 9.67 Å². The molecule has 2 rings (SSSR count). The molecule has 6 nitrogen and oxygen atoms in total. The van der Waals surface area contributed by atoms with Gasteiger partial charge in [0, 0.05) is 7.05 Å². The molecule has 0 aliphatic heterocycles. The summed E-state index contributed by atoms with van der Waals surface area (Å²) in [4.78, 5) is 3.92. The Kier molecular flexibility index (Phi) is 2.15. The zero-order valence-electron chi connectivity index (χ0n) is 6.71. The molecule has 0 unspecified atom stereocenters. The van der Waals surface area contributed by atoms with E-state index in [0.717, 1.165) is 9.37 Å². The Morgan fingerprint density at radius 2 is 2.46 bits per heavy atom. The largest absolute Gasteiger partial charge is 0.375 e. The van der Waals surface area contributed by atoms with Crippen molar-refractivity contribution < 1.29 is 0 Å². The molecule has 0 saturated carbocycles. The maximum absolute atomic E-state index is 5.48. The minimum absolute atomic E-state index is 0.553. The van der Waals surface area contributed by atoms with Crippen LogP contribution in [0.1, 0.15) is 0 Å². The van der Waals surface area contributed by atoms with E-state index in [1.807, 2.05) is 0 Å². The minimum atomic E-state index is 0.553. The first-order valence-electron chi connectivity index (χ1n) is 3.37. The summed E-state index contributed by atoms with van der Waals surface area (Å²) < 4.78 is 2.58. The lowest BCUT2D eigenvalue weighted by molar-refractivity contribution is 0.665. The van der Waals surface area contributed by atoms with Crippen LogP contribution in [0.2, 0.25) is 0 Å². The molecule has 2 aromatic heterocycles. The minimum Gasteiger partial charge on any atom is -0.375 e. The van der Waals surface area contributed by atoms with Crippen molar-refractivity contribution >= 4 is 28.2 Å². The van der Waals surface area contributed by atoms with Crippen LogP contribution < -0.4 is 5.73 Å². The fraction of sp³-hybridized carbons (Fsp3) is 0.200. The van der Waals surface area contributed by atoms with E-state index in [0.29, 0.717) is 5.13 Å². The number of aromatic nitrogens is 5. The predicted octanol–water partition coefficient (Wildman–Crippen LogP) is 0.400. The van der Waals surface area contributed by atoms with Gasteiger partial charge in [-0.1, -0.05) is 11.3 Å². The third-order valence-electron chi connectivity index (χ3n) is 1.28. The molecular weight excluding hydrogens is 208 g/mol. The van der Waals surface area contributed by atoms with E-state index in [-0.39, 0.29) is 0 Å². The molecule has 0 radical (unpaired) electrons. The van der Waals surface area contributed by atoms with Crippen LogP contribution in [0.25, 0.3) is 0 Å². The standard InChI is InChI=1S/C5H6N6S2/c1-11-5(8-9-10-11)13-3-2-7-4(6)12-3/h2H,1H3,(H2,6,7). The molecule has 8 heteroatoms. The van der Waals surface area contributed by atoms with Crippen molar-refractivity contribution in [2.45, 2.75) is 9.37 Å². The molecule has 0 fully saturated rings. The maximum atomic E-state index is 5.48. The molecule has 0 aliphatic carbocycles. The van der Waals surface area contributed by atoms with E-state index in [1.165, 1.54) is 23.1 Å². The average Bonchev–Trinajstić information content (AvgIpc) is 2.64. The van der Waals surface area contributed by atoms with Crippen LogP contribution in [0.15, 0.2) is 15.6 Å². The molecule has 0 aliphatic rings. The van der Waals surface area contributed by atoms with Crippen molar-refractivity contribution in [1.29, 1.82) is 0 Å². The van der Waals surface area contributed by atoms with Crippen molar-refractivity contribution in [1.82, 2.24) is 25.2 Å². The Labute approximate surface area is 82.2 Å². The number of rotatable bonds is 2. The van der Waals surface area contributed by atoms with Crippen LogP contribution >= 0.6 is 23.1 Å². The van der Waals surface area contributed by atoms with E-state index in [1.54, 1.807) is 17.9 Å². The van der Waals surface area contributed by atoms with Crippen LogP contribution in [0.3, 0.4) is 0 Å². The number of anilines is 1. The first-order chi connectivity index (χ1) is 6.25. The van der Waals surface area contributed by atoms with Crippen LogP contribution in [-0.4, -0.2) is 25.2 Å². The van der Waals surface area contributed by atoms with Crippen LogP contribution in [0.4, 0.5) is 5.13 Å². The van der Waals surface area contributed by atoms with Crippen molar-refractivity contribution in [3.63, 3.8) is 0 Å². The highest BCUT2D eigenvalue weighted by atomic mass is 32.2. The van der Waals surface area contributed by atoms with E-state index < -0.39 is 0 Å². The smallest absolute Gasteiger partial charge is 0.214 e. The molecule has 0 bridgehead atoms. The second kappa shape index (κ2) is 3.30. The first kappa shape index (κ1) is 8.45. The first-order valence-corrected chi connectivity index (χ1v) is 5.00. The van der Waals surface area contributed by atoms with Gasteiger partial charge in [-0.3, -0.25) is 0 Å². The van der Waals surface area contributed by atoms with Crippen LogP contribution in [0, 0.1) is 0 Å². The van der Waals surface area contributed by atoms with E-state index >= 15 is 0 Å². The van der Waals surface area contributed by atoms with Crippen LogP contribution in [0.5, 0.6) is 0 Å². The molecule has 68 valence electrons. The third kappa shape index (κ3) is 1.78. The summed E-state index contributed by atoms with van der Waals surface area (Å²) in [5.74, 6) is 0. The van der Waals surface area contributed by atoms with Gasteiger partial charge in [-0.2, -0.15) is 0 Å². The fourth-order valence-electron chi connectivity index (χ4n) is 0.717. The van der Waals surface area contributed by atoms with Gasteiger partial charge in [0.25, 0.3) is 0 Å². The van der Waals surface area contributed by atoms with Crippen molar-refractivity contribution in [3.05, 3.63) is 6.20 Å². The van der Waals surface area contributed by atoms with Gasteiger partial charge < -0.3 is 5.73 Å². The predicted molar refractivity (Wildman–Crippen MR) is 49.4 cm³/mol. The number of hydrogen-bond acceptors (Lipinski definition) is 7. The number of hydrogen-bond donors (Lipinski definition) is 1. The Hall–Kier alpha value is -1.15. The summed E-state index contributed by atoms with van der Waals surface area (Å²) in [7, 11) is 1.78. The van der Waals surface area contributed by atoms with Gasteiger partial charge in [0.1, 0.15) is 0 Å². The van der Waals surface area contributed by atoms with E-state index in [9.17, 15) is 0 Å². The number of aryl methyl sites for hydroxylation is 1. The second-order valence-electron chi connectivity index (χ2n) is 2.20. The zero-order valence-corrected chi connectivity index (χ0v) is 8.34. The highest BCUT2D eigenvalue weighted by Gasteiger charge is 2.06. The highest BCUT2D eigenvalue weighted by Crippen LogP contribution is 2.30. The molecule has 0 atom stereocenters. The van der Waals surface area contributed by atoms with Gasteiger partial charge in [0.05, 0.1) is 10.4 Å². The summed E-state index contributed by atoms with van der Waals surface area (Å²) in [6, 6.07) is 0. The van der Waals surface area contributed by atoms with Gasteiger partial charge in [0.2, 0.25) is 5.16 Å². The Bertz CT molecular complexity index is 407. The fourth-order valence-corrected chi connectivity index (χ4v) is 2.31. The molecule has 0 aromatic carbocycles. The van der Waals surface area contributed by atoms with Crippen molar-refractivity contribution in [3.8, 4) is 0 Å². The molecule has 0 amide bonds. The number of nitrogens with zero attached hydrogens (tertiary/aromatic N) is 5. The Balaban J connectivity index is 2.19. The van der Waals surface area contributed by atoms with Crippen molar-refractivity contribution in [2.75, 3.05) is 5.73 Å².